The van der Waals surface area contributed by atoms with Crippen molar-refractivity contribution in [3.05, 3.63) is 58.3 Å². The van der Waals surface area contributed by atoms with Gasteiger partial charge in [-0.15, -0.1) is 11.3 Å². The van der Waals surface area contributed by atoms with E-state index in [0.29, 0.717) is 42.3 Å². The number of fused-ring (bicyclic) bond motifs is 2. The molecular formula is C30H38FN5O2S. The van der Waals surface area contributed by atoms with Gasteiger partial charge in [0.05, 0.1) is 28.4 Å². The number of nitrogens with zero attached hydrogens (tertiary/aromatic N) is 2. The fourth-order valence-corrected chi connectivity index (χ4v) is 7.87. The number of hydrogen-bond acceptors (Lipinski definition) is 7. The van der Waals surface area contributed by atoms with Gasteiger partial charge in [-0.1, -0.05) is 19.1 Å². The largest absolute Gasteiger partial charge is 0.496 e. The Kier molecular flexibility index (Phi) is 7.59. The zero-order valence-corrected chi connectivity index (χ0v) is 23.7. The number of amides is 1. The van der Waals surface area contributed by atoms with Crippen LogP contribution < -0.4 is 20.9 Å². The van der Waals surface area contributed by atoms with Crippen molar-refractivity contribution in [2.45, 2.75) is 64.2 Å². The number of hydrogen-bond donors (Lipinski definition) is 3. The van der Waals surface area contributed by atoms with Crippen LogP contribution in [0.5, 0.6) is 5.75 Å². The molecule has 4 unspecified atom stereocenters. The van der Waals surface area contributed by atoms with Crippen LogP contribution in [0, 0.1) is 30.5 Å². The van der Waals surface area contributed by atoms with Crippen LogP contribution in [0.3, 0.4) is 0 Å². The second kappa shape index (κ2) is 11.1. The summed E-state index contributed by atoms with van der Waals surface area (Å²) in [4.78, 5) is 20.4. The summed E-state index contributed by atoms with van der Waals surface area (Å²) >= 11 is 1.73. The van der Waals surface area contributed by atoms with Crippen molar-refractivity contribution in [3.8, 4) is 5.75 Å². The van der Waals surface area contributed by atoms with E-state index in [1.807, 2.05) is 6.92 Å². The van der Waals surface area contributed by atoms with Crippen molar-refractivity contribution >= 4 is 27.5 Å². The van der Waals surface area contributed by atoms with E-state index >= 15 is 0 Å². The summed E-state index contributed by atoms with van der Waals surface area (Å²) in [6, 6.07) is 12.1. The number of aromatic nitrogens is 1. The van der Waals surface area contributed by atoms with Crippen LogP contribution in [-0.4, -0.2) is 48.1 Å². The fourth-order valence-electron chi connectivity index (χ4n) is 7.00. The first-order chi connectivity index (χ1) is 18.9. The number of methoxy groups -OCH3 is 1. The molecule has 2 aliphatic heterocycles. The van der Waals surface area contributed by atoms with E-state index in [1.165, 1.54) is 16.3 Å². The lowest BCUT2D eigenvalue weighted by molar-refractivity contribution is -0.127. The van der Waals surface area contributed by atoms with E-state index in [-0.39, 0.29) is 29.7 Å². The average Bonchev–Trinajstić information content (AvgIpc) is 3.51. The highest BCUT2D eigenvalue weighted by atomic mass is 32.1. The third-order valence-corrected chi connectivity index (χ3v) is 9.69. The summed E-state index contributed by atoms with van der Waals surface area (Å²) in [5.74, 6) is 1.26. The van der Waals surface area contributed by atoms with Crippen LogP contribution in [0.2, 0.25) is 0 Å². The first-order valence-electron chi connectivity index (χ1n) is 14.1. The van der Waals surface area contributed by atoms with Crippen molar-refractivity contribution in [1.82, 2.24) is 26.1 Å². The predicted molar refractivity (Wildman–Crippen MR) is 152 cm³/mol. The number of hydrazine groups is 1. The lowest BCUT2D eigenvalue weighted by Crippen LogP contribution is -2.52. The molecule has 1 amide bonds. The third-order valence-electron chi connectivity index (χ3n) is 8.76. The highest BCUT2D eigenvalue weighted by molar-refractivity contribution is 7.18. The number of carbonyl (C=O) groups is 1. The third kappa shape index (κ3) is 5.55. The Bertz CT molecular complexity index is 1350. The van der Waals surface area contributed by atoms with Gasteiger partial charge in [0.15, 0.2) is 0 Å². The topological polar surface area (TPSA) is 78.5 Å². The molecule has 6 atom stereocenters. The maximum absolute atomic E-state index is 14.6. The molecule has 3 fully saturated rings. The average molecular weight is 552 g/mol. The molecule has 6 rings (SSSR count). The maximum Gasteiger partial charge on any atom is 0.223 e. The Balaban J connectivity index is 1.10. The molecule has 1 aliphatic carbocycles. The SMILES string of the molecule is COc1cccc(F)c1CN1C[C@@H](C)C[C@@H](NC(=O)C2CCC3NNC(c4ccc5nc(C)sc5c4)C3C2)C1. The predicted octanol–water partition coefficient (Wildman–Crippen LogP) is 4.71. The molecular weight excluding hydrogens is 513 g/mol. The van der Waals surface area contributed by atoms with Gasteiger partial charge in [0, 0.05) is 43.2 Å². The second-order valence-electron chi connectivity index (χ2n) is 11.7. The minimum Gasteiger partial charge on any atom is -0.496 e. The first kappa shape index (κ1) is 26.6. The van der Waals surface area contributed by atoms with Gasteiger partial charge in [-0.2, -0.15) is 0 Å². The van der Waals surface area contributed by atoms with Crippen LogP contribution in [-0.2, 0) is 11.3 Å². The van der Waals surface area contributed by atoms with Crippen molar-refractivity contribution in [3.63, 3.8) is 0 Å². The Labute approximate surface area is 233 Å². The lowest BCUT2D eigenvalue weighted by atomic mass is 9.74. The first-order valence-corrected chi connectivity index (χ1v) is 14.9. The van der Waals surface area contributed by atoms with Crippen LogP contribution in [0.25, 0.3) is 10.2 Å². The summed E-state index contributed by atoms with van der Waals surface area (Å²) in [7, 11) is 1.58. The summed E-state index contributed by atoms with van der Waals surface area (Å²) < 4.78 is 21.2. The zero-order valence-electron chi connectivity index (χ0n) is 22.9. The molecule has 208 valence electrons. The van der Waals surface area contributed by atoms with Gasteiger partial charge in [-0.05, 0) is 74.3 Å². The lowest BCUT2D eigenvalue weighted by Gasteiger charge is -2.38. The highest BCUT2D eigenvalue weighted by Crippen LogP contribution is 2.41. The molecule has 1 aromatic heterocycles. The normalized spacial score (nSPS) is 29.3. The van der Waals surface area contributed by atoms with Crippen LogP contribution in [0.4, 0.5) is 4.39 Å². The van der Waals surface area contributed by atoms with Gasteiger partial charge >= 0.3 is 0 Å². The number of likely N-dealkylation sites (tertiary alicyclic amines) is 1. The molecule has 3 heterocycles. The molecule has 3 N–H and O–H groups in total. The maximum atomic E-state index is 14.6. The van der Waals surface area contributed by atoms with E-state index in [4.69, 9.17) is 4.74 Å². The minimum atomic E-state index is -0.247. The van der Waals surface area contributed by atoms with Gasteiger partial charge < -0.3 is 10.1 Å². The Morgan fingerprint density at radius 3 is 2.92 bits per heavy atom. The number of thiazole rings is 1. The van der Waals surface area contributed by atoms with Gasteiger partial charge in [0.25, 0.3) is 0 Å². The molecule has 2 aromatic carbocycles. The standard InChI is InChI=1S/C30H38FN5O2S/c1-17-11-21(15-36(14-17)16-23-24(31)5-4-6-27(23)38-3)33-30(37)20-8-9-25-22(12-20)29(35-34-25)19-7-10-26-28(13-19)39-18(2)32-26/h4-7,10,13,17,20-22,25,29,34-35H,8-9,11-12,14-16H2,1-3H3,(H,33,37)/t17-,20?,21+,22?,25?,29?/m0/s1. The molecule has 0 spiro atoms. The Hall–Kier alpha value is -2.59. The van der Waals surface area contributed by atoms with E-state index < -0.39 is 0 Å². The smallest absolute Gasteiger partial charge is 0.223 e. The highest BCUT2D eigenvalue weighted by Gasteiger charge is 2.43. The fraction of sp³-hybridized carbons (Fsp3) is 0.533. The van der Waals surface area contributed by atoms with Crippen molar-refractivity contribution in [1.29, 1.82) is 0 Å². The number of nitrogens with one attached hydrogen (secondary N) is 3. The van der Waals surface area contributed by atoms with E-state index in [9.17, 15) is 9.18 Å². The molecule has 7 nitrogen and oxygen atoms in total. The number of piperidine rings is 1. The quantitative estimate of drug-likeness (QED) is 0.412. The minimum absolute atomic E-state index is 0.00201. The molecule has 1 saturated carbocycles. The van der Waals surface area contributed by atoms with Gasteiger partial charge in [-0.3, -0.25) is 15.1 Å². The summed E-state index contributed by atoms with van der Waals surface area (Å²) in [6.45, 7) is 6.31. The Morgan fingerprint density at radius 2 is 2.08 bits per heavy atom. The van der Waals surface area contributed by atoms with E-state index in [0.717, 1.165) is 42.8 Å². The number of rotatable bonds is 6. The number of ether oxygens (including phenoxy) is 1. The van der Waals surface area contributed by atoms with Gasteiger partial charge in [-0.25, -0.2) is 14.8 Å². The number of halogens is 1. The summed E-state index contributed by atoms with van der Waals surface area (Å²) in [6.07, 6.45) is 3.67. The van der Waals surface area contributed by atoms with Crippen molar-refractivity contribution in [2.24, 2.45) is 17.8 Å². The summed E-state index contributed by atoms with van der Waals surface area (Å²) in [5, 5.41) is 4.47. The molecule has 3 aliphatic rings. The van der Waals surface area contributed by atoms with Gasteiger partial charge in [0.2, 0.25) is 5.91 Å². The molecule has 3 aromatic rings. The molecule has 0 bridgehead atoms. The molecule has 2 saturated heterocycles. The van der Waals surface area contributed by atoms with Crippen LogP contribution in [0.1, 0.15) is 54.8 Å². The second-order valence-corrected chi connectivity index (χ2v) is 12.9. The monoisotopic (exact) mass is 551 g/mol. The van der Waals surface area contributed by atoms with E-state index in [1.54, 1.807) is 30.6 Å². The zero-order chi connectivity index (χ0) is 27.1. The van der Waals surface area contributed by atoms with E-state index in [2.05, 4.69) is 51.2 Å². The van der Waals surface area contributed by atoms with Crippen LogP contribution >= 0.6 is 11.3 Å². The number of benzene rings is 2. The molecule has 0 radical (unpaired) electrons. The van der Waals surface area contributed by atoms with Gasteiger partial charge in [0.1, 0.15) is 11.6 Å². The van der Waals surface area contributed by atoms with Crippen molar-refractivity contribution < 1.29 is 13.9 Å². The van der Waals surface area contributed by atoms with Crippen molar-refractivity contribution in [2.75, 3.05) is 20.2 Å². The molecule has 39 heavy (non-hydrogen) atoms. The van der Waals surface area contributed by atoms with Crippen LogP contribution in [0.15, 0.2) is 36.4 Å². The summed E-state index contributed by atoms with van der Waals surface area (Å²) in [5.41, 5.74) is 9.93. The molecule has 9 heteroatoms. The number of carbonyl (C=O) groups excluding carboxylic acids is 1. The Morgan fingerprint density at radius 1 is 1.21 bits per heavy atom. The number of aryl methyl sites for hydroxylation is 1.